The first-order valence-corrected chi connectivity index (χ1v) is 18.7. The van der Waals surface area contributed by atoms with E-state index in [0.717, 1.165) is 28.3 Å². The molecule has 0 unspecified atom stereocenters. The van der Waals surface area contributed by atoms with Crippen molar-refractivity contribution in [2.75, 3.05) is 9.80 Å². The molecule has 10 aromatic rings. The minimum atomic E-state index is -0.0472. The molecule has 0 saturated carbocycles. The quantitative estimate of drug-likeness (QED) is 0.136. The number of hydrogen-bond donors (Lipinski definition) is 0. The monoisotopic (exact) mass is 699 g/mol. The fourth-order valence-corrected chi connectivity index (χ4v) is 9.10. The van der Waals surface area contributed by atoms with E-state index in [9.17, 15) is 0 Å². The van der Waals surface area contributed by atoms with Gasteiger partial charge in [-0.3, -0.25) is 0 Å². The van der Waals surface area contributed by atoms with Crippen LogP contribution in [0.1, 0.15) is 0 Å². The first-order valence-electron chi connectivity index (χ1n) is 18.7. The highest BCUT2D eigenvalue weighted by atomic mass is 15.2. The SMILES string of the molecule is c1ccc(N2c3cc4cc5ccccc5cc4cc3B3c4cc5cc6ccccc6cc5cc4N(c4ccccc4)c4cc(-c5ncncn5)cc2c43)cc1. The topological polar surface area (TPSA) is 45.2 Å². The van der Waals surface area contributed by atoms with Crippen molar-refractivity contribution in [3.05, 3.63) is 183 Å². The third-order valence-electron chi connectivity index (χ3n) is 11.5. The molecule has 6 heteroatoms. The van der Waals surface area contributed by atoms with Crippen LogP contribution in [0.2, 0.25) is 0 Å². The van der Waals surface area contributed by atoms with Gasteiger partial charge in [-0.1, -0.05) is 97.1 Å². The van der Waals surface area contributed by atoms with Gasteiger partial charge in [-0.05, 0) is 132 Å². The van der Waals surface area contributed by atoms with Gasteiger partial charge in [0.05, 0.1) is 0 Å². The summed E-state index contributed by atoms with van der Waals surface area (Å²) in [7, 11) is 0. The first-order chi connectivity index (χ1) is 27.2. The summed E-state index contributed by atoms with van der Waals surface area (Å²) >= 11 is 0. The zero-order chi connectivity index (χ0) is 36.0. The number of aromatic nitrogens is 3. The van der Waals surface area contributed by atoms with Crippen molar-refractivity contribution in [1.82, 2.24) is 15.0 Å². The molecule has 0 saturated heterocycles. The predicted octanol–water partition coefficient (Wildman–Crippen LogP) is 10.2. The summed E-state index contributed by atoms with van der Waals surface area (Å²) in [6, 6.07) is 62.5. The molecule has 0 bridgehead atoms. The molecule has 0 aliphatic carbocycles. The lowest BCUT2D eigenvalue weighted by Crippen LogP contribution is -2.61. The van der Waals surface area contributed by atoms with Crippen LogP contribution in [0.25, 0.3) is 54.5 Å². The van der Waals surface area contributed by atoms with Crippen molar-refractivity contribution in [3.8, 4) is 11.4 Å². The van der Waals surface area contributed by atoms with E-state index in [1.807, 2.05) is 0 Å². The van der Waals surface area contributed by atoms with Gasteiger partial charge in [0.15, 0.2) is 5.82 Å². The summed E-state index contributed by atoms with van der Waals surface area (Å²) in [5.41, 5.74) is 11.5. The van der Waals surface area contributed by atoms with Gasteiger partial charge >= 0.3 is 0 Å². The molecule has 3 heterocycles. The fraction of sp³-hybridized carbons (Fsp3) is 0. The number of hydrogen-bond acceptors (Lipinski definition) is 5. The zero-order valence-corrected chi connectivity index (χ0v) is 29.6. The molecule has 5 nitrogen and oxygen atoms in total. The molecular weight excluding hydrogens is 669 g/mol. The van der Waals surface area contributed by atoms with Crippen LogP contribution in [0.4, 0.5) is 34.1 Å². The molecule has 12 rings (SSSR count). The Labute approximate surface area is 317 Å². The molecule has 0 amide bonds. The molecule has 254 valence electrons. The zero-order valence-electron chi connectivity index (χ0n) is 29.6. The van der Waals surface area contributed by atoms with Crippen molar-refractivity contribution < 1.29 is 0 Å². The summed E-state index contributed by atoms with van der Waals surface area (Å²) in [4.78, 5) is 18.4. The third-order valence-corrected chi connectivity index (χ3v) is 11.5. The van der Waals surface area contributed by atoms with Gasteiger partial charge in [-0.15, -0.1) is 0 Å². The van der Waals surface area contributed by atoms with Gasteiger partial charge in [0.1, 0.15) is 12.7 Å². The molecule has 9 aromatic carbocycles. The normalized spacial score (nSPS) is 13.0. The molecule has 0 radical (unpaired) electrons. The minimum Gasteiger partial charge on any atom is -0.311 e. The maximum absolute atomic E-state index is 4.68. The van der Waals surface area contributed by atoms with Crippen LogP contribution >= 0.6 is 0 Å². The van der Waals surface area contributed by atoms with Gasteiger partial charge < -0.3 is 9.80 Å². The molecule has 2 aliphatic heterocycles. The Morgan fingerprint density at radius 1 is 0.364 bits per heavy atom. The predicted molar refractivity (Wildman–Crippen MR) is 229 cm³/mol. The van der Waals surface area contributed by atoms with Crippen molar-refractivity contribution in [3.63, 3.8) is 0 Å². The molecule has 0 fully saturated rings. The second-order valence-electron chi connectivity index (χ2n) is 14.6. The minimum absolute atomic E-state index is 0.0472. The summed E-state index contributed by atoms with van der Waals surface area (Å²) in [5, 5.41) is 9.84. The lowest BCUT2D eigenvalue weighted by molar-refractivity contribution is 1.05. The number of benzene rings is 9. The Kier molecular flexibility index (Phi) is 6.36. The van der Waals surface area contributed by atoms with E-state index in [1.54, 1.807) is 12.7 Å². The van der Waals surface area contributed by atoms with Crippen molar-refractivity contribution >= 4 is 100 Å². The fourth-order valence-electron chi connectivity index (χ4n) is 9.10. The Morgan fingerprint density at radius 3 is 1.20 bits per heavy atom. The molecule has 2 aliphatic rings. The highest BCUT2D eigenvalue weighted by molar-refractivity contribution is 7.00. The number of rotatable bonds is 3. The van der Waals surface area contributed by atoms with E-state index in [4.69, 9.17) is 0 Å². The molecule has 0 spiro atoms. The molecule has 0 atom stereocenters. The van der Waals surface area contributed by atoms with E-state index in [-0.39, 0.29) is 6.71 Å². The molecule has 0 N–H and O–H groups in total. The lowest BCUT2D eigenvalue weighted by Gasteiger charge is -2.44. The Morgan fingerprint density at radius 2 is 0.764 bits per heavy atom. The van der Waals surface area contributed by atoms with Crippen LogP contribution in [0.3, 0.4) is 0 Å². The number of nitrogens with zero attached hydrogens (tertiary/aromatic N) is 5. The Balaban J connectivity index is 1.25. The van der Waals surface area contributed by atoms with Gasteiger partial charge in [0, 0.05) is 39.7 Å². The van der Waals surface area contributed by atoms with Crippen LogP contribution in [0.5, 0.6) is 0 Å². The lowest BCUT2D eigenvalue weighted by atomic mass is 9.33. The van der Waals surface area contributed by atoms with Crippen LogP contribution < -0.4 is 26.2 Å². The molecular formula is C49H30BN5. The van der Waals surface area contributed by atoms with Gasteiger partial charge in [-0.25, -0.2) is 15.0 Å². The first kappa shape index (κ1) is 30.2. The van der Waals surface area contributed by atoms with Crippen LogP contribution in [-0.2, 0) is 0 Å². The largest absolute Gasteiger partial charge is 0.311 e. The highest BCUT2D eigenvalue weighted by Crippen LogP contribution is 2.47. The van der Waals surface area contributed by atoms with Gasteiger partial charge in [0.25, 0.3) is 6.71 Å². The van der Waals surface area contributed by atoms with Gasteiger partial charge in [-0.2, -0.15) is 0 Å². The average molecular weight is 700 g/mol. The Bertz CT molecular complexity index is 2980. The smallest absolute Gasteiger partial charge is 0.252 e. The second-order valence-corrected chi connectivity index (χ2v) is 14.6. The van der Waals surface area contributed by atoms with Crippen LogP contribution in [0, 0.1) is 0 Å². The summed E-state index contributed by atoms with van der Waals surface area (Å²) in [5.74, 6) is 0.637. The molecule has 1 aromatic heterocycles. The van der Waals surface area contributed by atoms with Crippen molar-refractivity contribution in [2.45, 2.75) is 0 Å². The van der Waals surface area contributed by atoms with Crippen molar-refractivity contribution in [2.24, 2.45) is 0 Å². The van der Waals surface area contributed by atoms with E-state index >= 15 is 0 Å². The summed E-state index contributed by atoms with van der Waals surface area (Å²) in [6.07, 6.45) is 3.16. The van der Waals surface area contributed by atoms with E-state index in [2.05, 4.69) is 195 Å². The highest BCUT2D eigenvalue weighted by Gasteiger charge is 2.44. The standard InChI is InChI=1S/C49H30BN5/c1-3-15-40(16-4-1)54-44-25-37-21-33-13-9-7-11-31(33)19-35(37)23-42(44)50-43-24-36-20-32-12-8-10-14-34(32)22-38(36)26-45(43)55(41-17-5-2-6-18-41)47-28-39(27-46(54)48(47)50)49-52-29-51-30-53-49/h1-30H. The van der Waals surface area contributed by atoms with Crippen LogP contribution in [-0.4, -0.2) is 21.7 Å². The third kappa shape index (κ3) is 4.58. The van der Waals surface area contributed by atoms with E-state index < -0.39 is 0 Å². The average Bonchev–Trinajstić information content (AvgIpc) is 3.24. The van der Waals surface area contributed by atoms with Crippen LogP contribution in [0.15, 0.2) is 183 Å². The number of fused-ring (bicyclic) bond motifs is 8. The maximum atomic E-state index is 4.68. The van der Waals surface area contributed by atoms with E-state index in [1.165, 1.54) is 70.9 Å². The maximum Gasteiger partial charge on any atom is 0.252 e. The number of anilines is 6. The molecule has 55 heavy (non-hydrogen) atoms. The van der Waals surface area contributed by atoms with Gasteiger partial charge in [0.2, 0.25) is 0 Å². The van der Waals surface area contributed by atoms with E-state index in [0.29, 0.717) is 5.82 Å². The van der Waals surface area contributed by atoms with Crippen molar-refractivity contribution in [1.29, 1.82) is 0 Å². The number of para-hydroxylation sites is 2. The second kappa shape index (κ2) is 11.6. The Hall–Kier alpha value is -7.31. The summed E-state index contributed by atoms with van der Waals surface area (Å²) in [6.45, 7) is -0.0472. The summed E-state index contributed by atoms with van der Waals surface area (Å²) < 4.78 is 0.